The second-order valence-corrected chi connectivity index (χ2v) is 2.98. The quantitative estimate of drug-likeness (QED) is 0.786. The molecule has 0 amide bonds. The van der Waals surface area contributed by atoms with Crippen molar-refractivity contribution in [3.8, 4) is 6.07 Å². The lowest BCUT2D eigenvalue weighted by Crippen LogP contribution is -2.13. The summed E-state index contributed by atoms with van der Waals surface area (Å²) in [5, 5.41) is 11.3. The van der Waals surface area contributed by atoms with E-state index < -0.39 is 17.2 Å². The van der Waals surface area contributed by atoms with Gasteiger partial charge in [0, 0.05) is 6.04 Å². The largest absolute Gasteiger partial charge is 0.313 e. The molecule has 1 N–H and O–H groups in total. The molecule has 0 saturated heterocycles. The Morgan fingerprint density at radius 2 is 1.86 bits per heavy atom. The van der Waals surface area contributed by atoms with E-state index in [-0.39, 0.29) is 6.04 Å². The van der Waals surface area contributed by atoms with Crippen LogP contribution in [0.4, 0.5) is 8.78 Å². The van der Waals surface area contributed by atoms with E-state index in [0.29, 0.717) is 5.56 Å². The highest BCUT2D eigenvalue weighted by Crippen LogP contribution is 2.19. The Kier molecular flexibility index (Phi) is 3.15. The standard InChI is InChI=1S/C10H10F2N2/c1-6(14-2)7-3-9(11)8(5-13)10(12)4-7/h3-4,6,14H,1-2H3/t6-/m1/s1. The maximum absolute atomic E-state index is 13.1. The molecule has 0 bridgehead atoms. The van der Waals surface area contributed by atoms with Crippen molar-refractivity contribution in [2.45, 2.75) is 13.0 Å². The first-order valence-corrected chi connectivity index (χ1v) is 4.16. The molecule has 74 valence electrons. The van der Waals surface area contributed by atoms with Crippen LogP contribution in [0, 0.1) is 23.0 Å². The zero-order valence-electron chi connectivity index (χ0n) is 7.94. The molecule has 0 aliphatic rings. The number of nitriles is 1. The monoisotopic (exact) mass is 196 g/mol. The van der Waals surface area contributed by atoms with E-state index in [0.717, 1.165) is 0 Å². The Morgan fingerprint density at radius 3 is 2.21 bits per heavy atom. The number of nitrogens with one attached hydrogen (secondary N) is 1. The highest BCUT2D eigenvalue weighted by molar-refractivity contribution is 5.36. The molecule has 0 fully saturated rings. The van der Waals surface area contributed by atoms with Gasteiger partial charge in [-0.3, -0.25) is 0 Å². The van der Waals surface area contributed by atoms with Gasteiger partial charge in [-0.25, -0.2) is 8.78 Å². The van der Waals surface area contributed by atoms with Crippen LogP contribution in [-0.4, -0.2) is 7.05 Å². The fourth-order valence-electron chi connectivity index (χ4n) is 1.12. The molecule has 0 aromatic heterocycles. The summed E-state index contributed by atoms with van der Waals surface area (Å²) in [4.78, 5) is 0. The summed E-state index contributed by atoms with van der Waals surface area (Å²) in [5.74, 6) is -1.63. The second kappa shape index (κ2) is 4.16. The molecule has 4 heteroatoms. The van der Waals surface area contributed by atoms with Crippen molar-refractivity contribution in [2.75, 3.05) is 7.05 Å². The average molecular weight is 196 g/mol. The van der Waals surface area contributed by atoms with Crippen LogP contribution in [0.15, 0.2) is 12.1 Å². The number of hydrogen-bond donors (Lipinski definition) is 1. The van der Waals surface area contributed by atoms with Crippen LogP contribution in [0.5, 0.6) is 0 Å². The van der Waals surface area contributed by atoms with Crippen molar-refractivity contribution < 1.29 is 8.78 Å². The predicted molar refractivity (Wildman–Crippen MR) is 48.5 cm³/mol. The third-order valence-electron chi connectivity index (χ3n) is 2.11. The lowest BCUT2D eigenvalue weighted by molar-refractivity contribution is 0.561. The van der Waals surface area contributed by atoms with Crippen LogP contribution in [-0.2, 0) is 0 Å². The Bertz CT molecular complexity index is 359. The molecular weight excluding hydrogens is 186 g/mol. The fraction of sp³-hybridized carbons (Fsp3) is 0.300. The fourth-order valence-corrected chi connectivity index (χ4v) is 1.12. The van der Waals surface area contributed by atoms with Gasteiger partial charge in [-0.2, -0.15) is 5.26 Å². The first-order chi connectivity index (χ1) is 6.60. The highest BCUT2D eigenvalue weighted by Gasteiger charge is 2.12. The molecule has 0 saturated carbocycles. The van der Waals surface area contributed by atoms with Gasteiger partial charge in [0.2, 0.25) is 0 Å². The summed E-state index contributed by atoms with van der Waals surface area (Å²) in [6.45, 7) is 1.78. The molecule has 1 aromatic carbocycles. The Labute approximate surface area is 81.2 Å². The van der Waals surface area contributed by atoms with Crippen molar-refractivity contribution in [1.29, 1.82) is 5.26 Å². The summed E-state index contributed by atoms with van der Waals surface area (Å²) in [5.41, 5.74) is -0.0430. The van der Waals surface area contributed by atoms with Gasteiger partial charge < -0.3 is 5.32 Å². The minimum atomic E-state index is -0.815. The van der Waals surface area contributed by atoms with Gasteiger partial charge in [-0.1, -0.05) is 0 Å². The van der Waals surface area contributed by atoms with Crippen LogP contribution in [0.2, 0.25) is 0 Å². The van der Waals surface area contributed by atoms with Crippen LogP contribution in [0.25, 0.3) is 0 Å². The van der Waals surface area contributed by atoms with Gasteiger partial charge in [0.1, 0.15) is 23.3 Å². The van der Waals surface area contributed by atoms with E-state index in [1.807, 2.05) is 0 Å². The van der Waals surface area contributed by atoms with Crippen LogP contribution < -0.4 is 5.32 Å². The lowest BCUT2D eigenvalue weighted by Gasteiger charge is -2.11. The molecular formula is C10H10F2N2. The van der Waals surface area contributed by atoms with Crippen LogP contribution in [0.1, 0.15) is 24.1 Å². The van der Waals surface area contributed by atoms with Crippen LogP contribution >= 0.6 is 0 Å². The lowest BCUT2D eigenvalue weighted by atomic mass is 10.1. The van der Waals surface area contributed by atoms with Crippen molar-refractivity contribution in [3.63, 3.8) is 0 Å². The summed E-state index contributed by atoms with van der Waals surface area (Å²) >= 11 is 0. The summed E-state index contributed by atoms with van der Waals surface area (Å²) in [7, 11) is 1.69. The molecule has 1 rings (SSSR count). The van der Waals surface area contributed by atoms with E-state index in [2.05, 4.69) is 5.32 Å². The minimum Gasteiger partial charge on any atom is -0.313 e. The first-order valence-electron chi connectivity index (χ1n) is 4.16. The molecule has 14 heavy (non-hydrogen) atoms. The summed E-state index contributed by atoms with van der Waals surface area (Å²) in [6, 6.07) is 3.67. The average Bonchev–Trinajstić information content (AvgIpc) is 2.16. The van der Waals surface area contributed by atoms with Crippen molar-refractivity contribution in [2.24, 2.45) is 0 Å². The van der Waals surface area contributed by atoms with Crippen molar-refractivity contribution >= 4 is 0 Å². The van der Waals surface area contributed by atoms with Crippen LogP contribution in [0.3, 0.4) is 0 Å². The predicted octanol–water partition coefficient (Wildman–Crippen LogP) is 2.12. The normalized spacial score (nSPS) is 12.2. The Morgan fingerprint density at radius 1 is 1.36 bits per heavy atom. The molecule has 0 unspecified atom stereocenters. The number of rotatable bonds is 2. The third-order valence-corrected chi connectivity index (χ3v) is 2.11. The van der Waals surface area contributed by atoms with Gasteiger partial charge in [0.25, 0.3) is 0 Å². The molecule has 0 aliphatic heterocycles. The van der Waals surface area contributed by atoms with Gasteiger partial charge in [-0.15, -0.1) is 0 Å². The van der Waals surface area contributed by atoms with Gasteiger partial charge in [0.15, 0.2) is 0 Å². The van der Waals surface area contributed by atoms with Gasteiger partial charge >= 0.3 is 0 Å². The summed E-state index contributed by atoms with van der Waals surface area (Å²) in [6.07, 6.45) is 0. The number of hydrogen-bond acceptors (Lipinski definition) is 2. The molecule has 1 aromatic rings. The van der Waals surface area contributed by atoms with Gasteiger partial charge in [-0.05, 0) is 31.7 Å². The first kappa shape index (κ1) is 10.6. The molecule has 2 nitrogen and oxygen atoms in total. The second-order valence-electron chi connectivity index (χ2n) is 2.98. The maximum Gasteiger partial charge on any atom is 0.144 e. The SMILES string of the molecule is CN[C@H](C)c1cc(F)c(C#N)c(F)c1. The Balaban J connectivity index is 3.22. The van der Waals surface area contributed by atoms with E-state index in [1.165, 1.54) is 18.2 Å². The third kappa shape index (κ3) is 1.88. The topological polar surface area (TPSA) is 35.8 Å². The zero-order chi connectivity index (χ0) is 10.7. The molecule has 0 aliphatic carbocycles. The van der Waals surface area contributed by atoms with Gasteiger partial charge in [0.05, 0.1) is 0 Å². The number of halogens is 2. The maximum atomic E-state index is 13.1. The van der Waals surface area contributed by atoms with Crippen molar-refractivity contribution in [1.82, 2.24) is 5.32 Å². The number of benzene rings is 1. The smallest absolute Gasteiger partial charge is 0.144 e. The molecule has 1 atom stereocenters. The van der Waals surface area contributed by atoms with Crippen molar-refractivity contribution in [3.05, 3.63) is 34.9 Å². The number of nitrogens with zero attached hydrogens (tertiary/aromatic N) is 1. The van der Waals surface area contributed by atoms with E-state index in [9.17, 15) is 8.78 Å². The molecule has 0 spiro atoms. The van der Waals surface area contributed by atoms with E-state index in [4.69, 9.17) is 5.26 Å². The summed E-state index contributed by atoms with van der Waals surface area (Å²) < 4.78 is 26.2. The van der Waals surface area contributed by atoms with E-state index in [1.54, 1.807) is 14.0 Å². The highest BCUT2D eigenvalue weighted by atomic mass is 19.1. The molecule has 0 radical (unpaired) electrons. The van der Waals surface area contributed by atoms with E-state index >= 15 is 0 Å². The Hall–Kier alpha value is -1.47. The minimum absolute atomic E-state index is 0.147. The molecule has 0 heterocycles. The zero-order valence-corrected chi connectivity index (χ0v) is 7.94.